The van der Waals surface area contributed by atoms with Gasteiger partial charge in [-0.05, 0) is 36.8 Å². The largest absolute Gasteiger partial charge is 0.493 e. The first-order valence-electron chi connectivity index (χ1n) is 9.85. The van der Waals surface area contributed by atoms with E-state index in [0.717, 1.165) is 16.8 Å². The average molecular weight is 450 g/mol. The van der Waals surface area contributed by atoms with Crippen LogP contribution in [0.3, 0.4) is 0 Å². The number of thiazole rings is 1. The van der Waals surface area contributed by atoms with E-state index in [2.05, 4.69) is 15.4 Å². The van der Waals surface area contributed by atoms with Gasteiger partial charge in [-0.25, -0.2) is 14.1 Å². The zero-order chi connectivity index (χ0) is 22.4. The van der Waals surface area contributed by atoms with Crippen LogP contribution in [-0.4, -0.2) is 34.9 Å². The van der Waals surface area contributed by atoms with Gasteiger partial charge in [-0.1, -0.05) is 12.1 Å². The van der Waals surface area contributed by atoms with Gasteiger partial charge in [0.15, 0.2) is 22.3 Å². The van der Waals surface area contributed by atoms with Crippen molar-refractivity contribution in [1.82, 2.24) is 14.8 Å². The molecule has 0 fully saturated rings. The molecule has 2 aromatic heterocycles. The predicted molar refractivity (Wildman–Crippen MR) is 120 cm³/mol. The number of carbonyl (C=O) groups is 1. The molecule has 1 amide bonds. The predicted octanol–water partition coefficient (Wildman–Crippen LogP) is 4.62. The number of methoxy groups -OCH3 is 2. The van der Waals surface area contributed by atoms with Crippen LogP contribution in [0.25, 0.3) is 16.9 Å². The summed E-state index contributed by atoms with van der Waals surface area (Å²) in [5.41, 5.74) is 4.44. The molecule has 0 radical (unpaired) electrons. The van der Waals surface area contributed by atoms with E-state index < -0.39 is 11.7 Å². The van der Waals surface area contributed by atoms with Crippen molar-refractivity contribution in [3.8, 4) is 28.4 Å². The molecular formula is C23H19FN4O3S. The van der Waals surface area contributed by atoms with Gasteiger partial charge < -0.3 is 9.47 Å². The first kappa shape index (κ1) is 20.2. The second-order valence-electron chi connectivity index (χ2n) is 7.33. The maximum atomic E-state index is 14.7. The van der Waals surface area contributed by atoms with Crippen LogP contribution in [0.15, 0.2) is 41.8 Å². The van der Waals surface area contributed by atoms with Crippen molar-refractivity contribution in [1.29, 1.82) is 0 Å². The van der Waals surface area contributed by atoms with Gasteiger partial charge in [0.1, 0.15) is 11.5 Å². The minimum absolute atomic E-state index is 0.227. The summed E-state index contributed by atoms with van der Waals surface area (Å²) in [6.07, 6.45) is 0.457. The van der Waals surface area contributed by atoms with Crippen molar-refractivity contribution >= 4 is 22.4 Å². The van der Waals surface area contributed by atoms with Crippen molar-refractivity contribution in [3.63, 3.8) is 0 Å². The van der Waals surface area contributed by atoms with E-state index in [4.69, 9.17) is 9.47 Å². The fraction of sp³-hybridized carbons (Fsp3) is 0.174. The highest BCUT2D eigenvalue weighted by Gasteiger charge is 2.33. The monoisotopic (exact) mass is 450 g/mol. The third kappa shape index (κ3) is 3.21. The van der Waals surface area contributed by atoms with Crippen LogP contribution in [0.1, 0.15) is 27.3 Å². The number of aromatic nitrogens is 3. The molecule has 4 aromatic rings. The van der Waals surface area contributed by atoms with E-state index in [1.807, 2.05) is 24.4 Å². The van der Waals surface area contributed by atoms with Crippen LogP contribution >= 0.6 is 11.3 Å². The number of carbonyl (C=O) groups excluding carboxylic acids is 1. The summed E-state index contributed by atoms with van der Waals surface area (Å²) in [6, 6.07) is 10.1. The van der Waals surface area contributed by atoms with E-state index in [-0.39, 0.29) is 11.4 Å². The Morgan fingerprint density at radius 2 is 1.94 bits per heavy atom. The molecule has 1 N–H and O–H groups in total. The highest BCUT2D eigenvalue weighted by molar-refractivity contribution is 7.13. The number of anilines is 1. The van der Waals surface area contributed by atoms with Crippen molar-refractivity contribution in [2.24, 2.45) is 0 Å². The summed E-state index contributed by atoms with van der Waals surface area (Å²) >= 11 is 1.34. The SMILES string of the molecule is COc1cc2c(cc1OC)-c1c(c(C(=O)Nc3nc(C)cs3)nn1-c1ccccc1F)C2. The molecule has 0 unspecified atom stereocenters. The number of nitrogens with one attached hydrogen (secondary N) is 1. The summed E-state index contributed by atoms with van der Waals surface area (Å²) in [4.78, 5) is 17.4. The van der Waals surface area contributed by atoms with Crippen LogP contribution in [0, 0.1) is 12.7 Å². The third-order valence-corrected chi connectivity index (χ3v) is 6.23. The van der Waals surface area contributed by atoms with Gasteiger partial charge in [0, 0.05) is 22.9 Å². The summed E-state index contributed by atoms with van der Waals surface area (Å²) < 4.78 is 27.1. The number of hydrogen-bond donors (Lipinski definition) is 1. The number of fused-ring (bicyclic) bond motifs is 3. The fourth-order valence-electron chi connectivity index (χ4n) is 3.92. The molecule has 0 bridgehead atoms. The average Bonchev–Trinajstić information content (AvgIpc) is 3.46. The normalized spacial score (nSPS) is 11.8. The Bertz CT molecular complexity index is 1360. The molecule has 0 aliphatic heterocycles. The van der Waals surface area contributed by atoms with E-state index in [1.54, 1.807) is 32.4 Å². The number of benzene rings is 2. The molecule has 9 heteroatoms. The number of amides is 1. The fourth-order valence-corrected chi connectivity index (χ4v) is 4.60. The molecule has 1 aliphatic rings. The van der Waals surface area contributed by atoms with Crippen molar-refractivity contribution in [2.75, 3.05) is 19.5 Å². The van der Waals surface area contributed by atoms with Gasteiger partial charge in [-0.2, -0.15) is 5.10 Å². The number of nitrogens with zero attached hydrogens (tertiary/aromatic N) is 3. The second-order valence-corrected chi connectivity index (χ2v) is 8.19. The molecular weight excluding hydrogens is 431 g/mol. The molecule has 0 saturated heterocycles. The van der Waals surface area contributed by atoms with Gasteiger partial charge in [0.05, 0.1) is 25.6 Å². The molecule has 2 heterocycles. The number of ether oxygens (including phenoxy) is 2. The van der Waals surface area contributed by atoms with Gasteiger partial charge in [-0.3, -0.25) is 10.1 Å². The Hall–Kier alpha value is -3.72. The minimum Gasteiger partial charge on any atom is -0.493 e. The zero-order valence-corrected chi connectivity index (χ0v) is 18.4. The van der Waals surface area contributed by atoms with Crippen molar-refractivity contribution < 1.29 is 18.7 Å². The topological polar surface area (TPSA) is 78.3 Å². The summed E-state index contributed by atoms with van der Waals surface area (Å²) in [6.45, 7) is 1.86. The highest BCUT2D eigenvalue weighted by Crippen LogP contribution is 2.45. The lowest BCUT2D eigenvalue weighted by Crippen LogP contribution is -2.15. The number of halogens is 1. The number of hydrogen-bond acceptors (Lipinski definition) is 6. The first-order chi connectivity index (χ1) is 15.5. The van der Waals surface area contributed by atoms with Gasteiger partial charge in [-0.15, -0.1) is 11.3 Å². The molecule has 32 heavy (non-hydrogen) atoms. The summed E-state index contributed by atoms with van der Waals surface area (Å²) in [7, 11) is 3.13. The molecule has 1 aliphatic carbocycles. The second kappa shape index (κ2) is 7.76. The van der Waals surface area contributed by atoms with E-state index in [9.17, 15) is 9.18 Å². The lowest BCUT2D eigenvalue weighted by molar-refractivity contribution is 0.102. The summed E-state index contributed by atoms with van der Waals surface area (Å²) in [5, 5.41) is 9.68. The Kier molecular flexibility index (Phi) is 4.90. The van der Waals surface area contributed by atoms with Crippen LogP contribution in [0.2, 0.25) is 0 Å². The first-order valence-corrected chi connectivity index (χ1v) is 10.7. The van der Waals surface area contributed by atoms with Crippen molar-refractivity contribution in [2.45, 2.75) is 13.3 Å². The van der Waals surface area contributed by atoms with E-state index in [0.29, 0.717) is 34.3 Å². The van der Waals surface area contributed by atoms with Crippen LogP contribution in [0.5, 0.6) is 11.5 Å². The maximum absolute atomic E-state index is 14.7. The number of aryl methyl sites for hydroxylation is 1. The Morgan fingerprint density at radius 3 is 2.62 bits per heavy atom. The standard InChI is InChI=1S/C23H19FN4O3S/c1-12-11-32-23(25-12)26-22(29)20-15-8-13-9-18(30-2)19(31-3)10-14(13)21(15)28(27-20)17-7-5-4-6-16(17)24/h4-7,9-11H,8H2,1-3H3,(H,25,26,29). The van der Waals surface area contributed by atoms with Crippen LogP contribution in [0.4, 0.5) is 9.52 Å². The number of para-hydroxylation sites is 1. The molecule has 7 nitrogen and oxygen atoms in total. The lowest BCUT2D eigenvalue weighted by atomic mass is 10.1. The highest BCUT2D eigenvalue weighted by atomic mass is 32.1. The minimum atomic E-state index is -0.436. The smallest absolute Gasteiger partial charge is 0.278 e. The van der Waals surface area contributed by atoms with Crippen molar-refractivity contribution in [3.05, 3.63) is 70.1 Å². The zero-order valence-electron chi connectivity index (χ0n) is 17.6. The molecule has 0 saturated carbocycles. The van der Waals surface area contributed by atoms with E-state index in [1.165, 1.54) is 22.1 Å². The molecule has 5 rings (SSSR count). The van der Waals surface area contributed by atoms with Gasteiger partial charge >= 0.3 is 0 Å². The van der Waals surface area contributed by atoms with Crippen LogP contribution < -0.4 is 14.8 Å². The van der Waals surface area contributed by atoms with Crippen LogP contribution in [-0.2, 0) is 6.42 Å². The third-order valence-electron chi connectivity index (χ3n) is 5.35. The number of rotatable bonds is 5. The van der Waals surface area contributed by atoms with Gasteiger partial charge in [0.2, 0.25) is 0 Å². The Labute approximate surface area is 187 Å². The Balaban J connectivity index is 1.68. The maximum Gasteiger partial charge on any atom is 0.278 e. The lowest BCUT2D eigenvalue weighted by Gasteiger charge is -2.12. The quantitative estimate of drug-likeness (QED) is 0.423. The molecule has 162 valence electrons. The Morgan fingerprint density at radius 1 is 1.19 bits per heavy atom. The van der Waals surface area contributed by atoms with E-state index >= 15 is 0 Å². The molecule has 2 aromatic carbocycles. The molecule has 0 spiro atoms. The molecule has 0 atom stereocenters. The van der Waals surface area contributed by atoms with Gasteiger partial charge in [0.25, 0.3) is 5.91 Å². The summed E-state index contributed by atoms with van der Waals surface area (Å²) in [5.74, 6) is 0.308.